The van der Waals surface area contributed by atoms with Gasteiger partial charge in [0.15, 0.2) is 0 Å². The molecule has 0 N–H and O–H groups in total. The van der Waals surface area contributed by atoms with Gasteiger partial charge in [-0.3, -0.25) is 0 Å². The smallest absolute Gasteiger partial charge is 0.319 e. The molecule has 0 radical (unpaired) electrons. The van der Waals surface area contributed by atoms with Crippen molar-refractivity contribution in [3.8, 4) is 6.01 Å². The van der Waals surface area contributed by atoms with Crippen molar-refractivity contribution in [2.75, 3.05) is 0 Å². The van der Waals surface area contributed by atoms with Crippen LogP contribution in [0, 0.1) is 11.8 Å². The summed E-state index contributed by atoms with van der Waals surface area (Å²) in [6.07, 6.45) is 5.31. The Morgan fingerprint density at radius 2 is 1.69 bits per heavy atom. The van der Waals surface area contributed by atoms with Crippen molar-refractivity contribution in [2.24, 2.45) is 11.8 Å². The van der Waals surface area contributed by atoms with Crippen molar-refractivity contribution in [3.05, 3.63) is 12.7 Å². The SMILES string of the molecule is CC(C)CC(C)CC(C)Oc1ncncn1. The first-order chi connectivity index (χ1) is 7.58. The fourth-order valence-electron chi connectivity index (χ4n) is 1.99. The summed E-state index contributed by atoms with van der Waals surface area (Å²) in [5, 5.41) is 0. The molecule has 4 heteroatoms. The molecule has 0 amide bonds. The topological polar surface area (TPSA) is 47.9 Å². The van der Waals surface area contributed by atoms with Crippen molar-refractivity contribution in [2.45, 2.75) is 46.6 Å². The minimum Gasteiger partial charge on any atom is -0.460 e. The highest BCUT2D eigenvalue weighted by Gasteiger charge is 2.12. The molecule has 0 aliphatic heterocycles. The molecule has 0 saturated heterocycles. The summed E-state index contributed by atoms with van der Waals surface area (Å²) < 4.78 is 5.60. The molecule has 0 saturated carbocycles. The van der Waals surface area contributed by atoms with Crippen LogP contribution in [0.3, 0.4) is 0 Å². The monoisotopic (exact) mass is 223 g/mol. The Morgan fingerprint density at radius 3 is 2.25 bits per heavy atom. The van der Waals surface area contributed by atoms with Crippen LogP contribution in [-0.2, 0) is 0 Å². The largest absolute Gasteiger partial charge is 0.460 e. The van der Waals surface area contributed by atoms with Crippen molar-refractivity contribution in [3.63, 3.8) is 0 Å². The molecule has 0 aromatic carbocycles. The van der Waals surface area contributed by atoms with Gasteiger partial charge < -0.3 is 4.74 Å². The summed E-state index contributed by atoms with van der Waals surface area (Å²) in [6, 6.07) is 0.416. The number of hydrogen-bond acceptors (Lipinski definition) is 4. The minimum atomic E-state index is 0.149. The van der Waals surface area contributed by atoms with Gasteiger partial charge in [0.25, 0.3) is 0 Å². The van der Waals surface area contributed by atoms with Crippen molar-refractivity contribution in [1.29, 1.82) is 0 Å². The van der Waals surface area contributed by atoms with Gasteiger partial charge in [0.1, 0.15) is 12.7 Å². The summed E-state index contributed by atoms with van der Waals surface area (Å²) in [6.45, 7) is 8.80. The van der Waals surface area contributed by atoms with Gasteiger partial charge in [0.05, 0.1) is 6.10 Å². The van der Waals surface area contributed by atoms with E-state index in [4.69, 9.17) is 4.74 Å². The van der Waals surface area contributed by atoms with E-state index >= 15 is 0 Å². The Kier molecular flexibility index (Phi) is 5.15. The van der Waals surface area contributed by atoms with Crippen molar-refractivity contribution < 1.29 is 4.74 Å². The average molecular weight is 223 g/mol. The van der Waals surface area contributed by atoms with E-state index in [-0.39, 0.29) is 6.10 Å². The molecular formula is C12H21N3O. The second-order valence-electron chi connectivity index (χ2n) is 4.82. The van der Waals surface area contributed by atoms with Crippen LogP contribution in [0.25, 0.3) is 0 Å². The van der Waals surface area contributed by atoms with E-state index in [1.807, 2.05) is 0 Å². The average Bonchev–Trinajstić information content (AvgIpc) is 2.17. The molecule has 1 rings (SSSR count). The first-order valence-electron chi connectivity index (χ1n) is 5.86. The third-order valence-electron chi connectivity index (χ3n) is 2.38. The van der Waals surface area contributed by atoms with Crippen LogP contribution in [0.2, 0.25) is 0 Å². The maximum Gasteiger partial charge on any atom is 0.319 e. The molecule has 0 bridgehead atoms. The third kappa shape index (κ3) is 5.05. The Hall–Kier alpha value is -1.19. The second kappa shape index (κ2) is 6.40. The zero-order chi connectivity index (χ0) is 12.0. The standard InChI is InChI=1S/C12H21N3O/c1-9(2)5-10(3)6-11(4)16-12-14-7-13-8-15-12/h7-11H,5-6H2,1-4H3. The zero-order valence-electron chi connectivity index (χ0n) is 10.6. The fraction of sp³-hybridized carbons (Fsp3) is 0.750. The lowest BCUT2D eigenvalue weighted by Crippen LogP contribution is -2.18. The van der Waals surface area contributed by atoms with E-state index in [9.17, 15) is 0 Å². The van der Waals surface area contributed by atoms with Gasteiger partial charge in [-0.1, -0.05) is 20.8 Å². The molecule has 0 spiro atoms. The number of hydrogen-bond donors (Lipinski definition) is 0. The molecule has 0 aliphatic rings. The predicted molar refractivity (Wildman–Crippen MR) is 63.2 cm³/mol. The summed E-state index contributed by atoms with van der Waals surface area (Å²) in [4.78, 5) is 11.6. The second-order valence-corrected chi connectivity index (χ2v) is 4.82. The van der Waals surface area contributed by atoms with Crippen LogP contribution in [0.1, 0.15) is 40.5 Å². The molecule has 0 fully saturated rings. The van der Waals surface area contributed by atoms with Gasteiger partial charge >= 0.3 is 6.01 Å². The number of rotatable bonds is 6. The molecule has 2 unspecified atom stereocenters. The van der Waals surface area contributed by atoms with E-state index in [0.29, 0.717) is 11.9 Å². The Bertz CT molecular complexity index is 290. The molecule has 1 aromatic rings. The Labute approximate surface area is 97.5 Å². The number of ether oxygens (including phenoxy) is 1. The van der Waals surface area contributed by atoms with Gasteiger partial charge in [0.2, 0.25) is 0 Å². The van der Waals surface area contributed by atoms with Crippen LogP contribution in [0.5, 0.6) is 6.01 Å². The van der Waals surface area contributed by atoms with Crippen molar-refractivity contribution in [1.82, 2.24) is 15.0 Å². The van der Waals surface area contributed by atoms with E-state index in [1.54, 1.807) is 0 Å². The van der Waals surface area contributed by atoms with E-state index in [2.05, 4.69) is 42.6 Å². The molecule has 1 aromatic heterocycles. The molecule has 90 valence electrons. The lowest BCUT2D eigenvalue weighted by molar-refractivity contribution is 0.167. The van der Waals surface area contributed by atoms with E-state index < -0.39 is 0 Å². The highest BCUT2D eigenvalue weighted by molar-refractivity contribution is 4.88. The number of aromatic nitrogens is 3. The molecule has 2 atom stereocenters. The van der Waals surface area contributed by atoms with E-state index in [0.717, 1.165) is 12.3 Å². The van der Waals surface area contributed by atoms with Crippen LogP contribution in [0.4, 0.5) is 0 Å². The summed E-state index contributed by atoms with van der Waals surface area (Å²) in [5.41, 5.74) is 0. The zero-order valence-corrected chi connectivity index (χ0v) is 10.6. The lowest BCUT2D eigenvalue weighted by atomic mass is 9.94. The molecule has 16 heavy (non-hydrogen) atoms. The van der Waals surface area contributed by atoms with Crippen LogP contribution >= 0.6 is 0 Å². The van der Waals surface area contributed by atoms with Gasteiger partial charge in [0, 0.05) is 0 Å². The summed E-state index contributed by atoms with van der Waals surface area (Å²) in [5.74, 6) is 1.40. The fourth-order valence-corrected chi connectivity index (χ4v) is 1.99. The summed E-state index contributed by atoms with van der Waals surface area (Å²) >= 11 is 0. The van der Waals surface area contributed by atoms with Gasteiger partial charge in [-0.05, 0) is 31.6 Å². The van der Waals surface area contributed by atoms with Gasteiger partial charge in [-0.25, -0.2) is 4.98 Å². The first kappa shape index (κ1) is 12.9. The minimum absolute atomic E-state index is 0.149. The lowest BCUT2D eigenvalue weighted by Gasteiger charge is -2.18. The predicted octanol–water partition coefficient (Wildman–Crippen LogP) is 2.71. The van der Waals surface area contributed by atoms with E-state index in [1.165, 1.54) is 19.1 Å². The normalized spacial score (nSPS) is 14.8. The molecule has 1 heterocycles. The van der Waals surface area contributed by atoms with Crippen LogP contribution in [-0.4, -0.2) is 21.1 Å². The quantitative estimate of drug-likeness (QED) is 0.744. The van der Waals surface area contributed by atoms with Gasteiger partial charge in [-0.15, -0.1) is 0 Å². The Balaban J connectivity index is 2.33. The Morgan fingerprint density at radius 1 is 1.06 bits per heavy atom. The van der Waals surface area contributed by atoms with Crippen LogP contribution < -0.4 is 4.74 Å². The maximum atomic E-state index is 5.60. The molecular weight excluding hydrogens is 202 g/mol. The maximum absolute atomic E-state index is 5.60. The van der Waals surface area contributed by atoms with Gasteiger partial charge in [-0.2, -0.15) is 9.97 Å². The van der Waals surface area contributed by atoms with Crippen LogP contribution in [0.15, 0.2) is 12.7 Å². The number of nitrogens with zero attached hydrogens (tertiary/aromatic N) is 3. The highest BCUT2D eigenvalue weighted by atomic mass is 16.5. The highest BCUT2D eigenvalue weighted by Crippen LogP contribution is 2.18. The summed E-state index contributed by atoms with van der Waals surface area (Å²) in [7, 11) is 0. The van der Waals surface area contributed by atoms with Crippen molar-refractivity contribution >= 4 is 0 Å². The molecule has 0 aliphatic carbocycles. The third-order valence-corrected chi connectivity index (χ3v) is 2.38. The molecule has 4 nitrogen and oxygen atoms in total. The first-order valence-corrected chi connectivity index (χ1v) is 5.86.